The topological polar surface area (TPSA) is 9.23 Å². The van der Waals surface area contributed by atoms with E-state index in [1.165, 1.54) is 11.1 Å². The average molecular weight is 419 g/mol. The van der Waals surface area contributed by atoms with Gasteiger partial charge in [-0.25, -0.2) is 0 Å². The molecule has 1 nitrogen and oxygen atoms in total. The molecule has 0 spiro atoms. The predicted octanol–water partition coefficient (Wildman–Crippen LogP) is 5.79. The highest BCUT2D eigenvalue weighted by atomic mass is 79.9. The molecule has 20 heavy (non-hydrogen) atoms. The molecular formula is C16H15Br2ClO. The lowest BCUT2D eigenvalue weighted by atomic mass is 9.93. The largest absolute Gasteiger partial charge is 0.497 e. The fourth-order valence-electron chi connectivity index (χ4n) is 2.15. The van der Waals surface area contributed by atoms with Gasteiger partial charge in [0.25, 0.3) is 0 Å². The Morgan fingerprint density at radius 2 is 1.85 bits per heavy atom. The maximum atomic E-state index is 6.18. The van der Waals surface area contributed by atoms with E-state index < -0.39 is 0 Å². The number of methoxy groups -OCH3 is 1. The third-order valence-corrected chi connectivity index (χ3v) is 5.12. The second-order valence-corrected chi connectivity index (χ2v) is 6.55. The van der Waals surface area contributed by atoms with E-state index >= 15 is 0 Å². The minimum absolute atomic E-state index is 0.260. The van der Waals surface area contributed by atoms with Gasteiger partial charge in [-0.05, 0) is 41.8 Å². The minimum Gasteiger partial charge on any atom is -0.497 e. The van der Waals surface area contributed by atoms with E-state index in [-0.39, 0.29) is 5.92 Å². The van der Waals surface area contributed by atoms with E-state index in [0.29, 0.717) is 5.88 Å². The van der Waals surface area contributed by atoms with Gasteiger partial charge in [-0.1, -0.05) is 50.1 Å². The van der Waals surface area contributed by atoms with E-state index in [0.717, 1.165) is 21.1 Å². The summed E-state index contributed by atoms with van der Waals surface area (Å²) in [7, 11) is 1.68. The first-order valence-electron chi connectivity index (χ1n) is 6.28. The molecule has 0 aromatic heterocycles. The highest BCUT2D eigenvalue weighted by molar-refractivity contribution is 9.10. The second-order valence-electron chi connectivity index (χ2n) is 4.53. The zero-order valence-electron chi connectivity index (χ0n) is 11.1. The zero-order chi connectivity index (χ0) is 14.5. The molecule has 2 aromatic rings. The third kappa shape index (κ3) is 3.78. The van der Waals surface area contributed by atoms with Crippen molar-refractivity contribution in [3.8, 4) is 5.75 Å². The van der Waals surface area contributed by atoms with Crippen molar-refractivity contribution >= 4 is 43.5 Å². The molecule has 0 heterocycles. The first kappa shape index (κ1) is 15.9. The van der Waals surface area contributed by atoms with Gasteiger partial charge in [-0.15, -0.1) is 11.6 Å². The van der Waals surface area contributed by atoms with Gasteiger partial charge in [-0.2, -0.15) is 0 Å². The summed E-state index contributed by atoms with van der Waals surface area (Å²) in [5.41, 5.74) is 2.43. The Kier molecular flexibility index (Phi) is 5.94. The molecule has 0 radical (unpaired) electrons. The van der Waals surface area contributed by atoms with Gasteiger partial charge in [0.05, 0.1) is 7.11 Å². The molecule has 0 aliphatic heterocycles. The SMILES string of the molecule is COc1ccc(Br)c(CC(CCl)c2ccccc2Br)c1. The van der Waals surface area contributed by atoms with Gasteiger partial charge < -0.3 is 4.74 Å². The Morgan fingerprint density at radius 3 is 2.50 bits per heavy atom. The van der Waals surface area contributed by atoms with Crippen LogP contribution in [0.5, 0.6) is 5.75 Å². The quantitative estimate of drug-likeness (QED) is 0.559. The maximum absolute atomic E-state index is 6.18. The molecule has 0 aliphatic rings. The number of rotatable bonds is 5. The molecule has 0 aliphatic carbocycles. The Bertz CT molecular complexity index is 586. The lowest BCUT2D eigenvalue weighted by molar-refractivity contribution is 0.414. The highest BCUT2D eigenvalue weighted by Crippen LogP contribution is 2.32. The van der Waals surface area contributed by atoms with Gasteiger partial charge in [-0.3, -0.25) is 0 Å². The molecule has 4 heteroatoms. The van der Waals surface area contributed by atoms with Crippen LogP contribution in [0.25, 0.3) is 0 Å². The predicted molar refractivity (Wildman–Crippen MR) is 92.0 cm³/mol. The summed E-state index contributed by atoms with van der Waals surface area (Å²) in [5, 5.41) is 0. The van der Waals surface area contributed by atoms with Crippen molar-refractivity contribution < 1.29 is 4.74 Å². The zero-order valence-corrected chi connectivity index (χ0v) is 15.0. The maximum Gasteiger partial charge on any atom is 0.119 e. The number of benzene rings is 2. The van der Waals surface area contributed by atoms with Crippen LogP contribution in [0.2, 0.25) is 0 Å². The van der Waals surface area contributed by atoms with E-state index in [1.54, 1.807) is 7.11 Å². The Hall–Kier alpha value is -0.510. The Labute approximate surface area is 141 Å². The molecule has 0 bridgehead atoms. The van der Waals surface area contributed by atoms with Gasteiger partial charge in [0.2, 0.25) is 0 Å². The lowest BCUT2D eigenvalue weighted by Crippen LogP contribution is -2.06. The van der Waals surface area contributed by atoms with Crippen molar-refractivity contribution in [1.29, 1.82) is 0 Å². The number of ether oxygens (including phenoxy) is 1. The third-order valence-electron chi connectivity index (χ3n) is 3.25. The number of alkyl halides is 1. The molecule has 0 fully saturated rings. The second kappa shape index (κ2) is 7.48. The molecule has 2 aromatic carbocycles. The van der Waals surface area contributed by atoms with Crippen molar-refractivity contribution in [1.82, 2.24) is 0 Å². The van der Waals surface area contributed by atoms with Gasteiger partial charge >= 0.3 is 0 Å². The number of hydrogen-bond donors (Lipinski definition) is 0. The Morgan fingerprint density at radius 1 is 1.10 bits per heavy atom. The van der Waals surface area contributed by atoms with Crippen LogP contribution in [0.15, 0.2) is 51.4 Å². The first-order valence-corrected chi connectivity index (χ1v) is 8.40. The lowest BCUT2D eigenvalue weighted by Gasteiger charge is -2.17. The van der Waals surface area contributed by atoms with E-state index in [4.69, 9.17) is 16.3 Å². The summed E-state index contributed by atoms with van der Waals surface area (Å²) in [4.78, 5) is 0. The summed E-state index contributed by atoms with van der Waals surface area (Å²) in [6.07, 6.45) is 0.865. The van der Waals surface area contributed by atoms with Crippen LogP contribution in [0, 0.1) is 0 Å². The number of halogens is 3. The molecule has 0 saturated carbocycles. The van der Waals surface area contributed by atoms with E-state index in [9.17, 15) is 0 Å². The smallest absolute Gasteiger partial charge is 0.119 e. The molecule has 1 atom stereocenters. The van der Waals surface area contributed by atoms with Crippen LogP contribution in [-0.2, 0) is 6.42 Å². The molecule has 2 rings (SSSR count). The van der Waals surface area contributed by atoms with Crippen molar-refractivity contribution in [2.75, 3.05) is 13.0 Å². The fourth-order valence-corrected chi connectivity index (χ4v) is 3.45. The van der Waals surface area contributed by atoms with Crippen LogP contribution in [0.3, 0.4) is 0 Å². The monoisotopic (exact) mass is 416 g/mol. The van der Waals surface area contributed by atoms with Crippen molar-refractivity contribution in [2.24, 2.45) is 0 Å². The average Bonchev–Trinajstić information content (AvgIpc) is 2.47. The molecule has 1 unspecified atom stereocenters. The van der Waals surface area contributed by atoms with Crippen molar-refractivity contribution in [3.63, 3.8) is 0 Å². The van der Waals surface area contributed by atoms with Crippen LogP contribution >= 0.6 is 43.5 Å². The van der Waals surface area contributed by atoms with E-state index in [2.05, 4.69) is 50.1 Å². The molecular weight excluding hydrogens is 403 g/mol. The highest BCUT2D eigenvalue weighted by Gasteiger charge is 2.16. The summed E-state index contributed by atoms with van der Waals surface area (Å²) < 4.78 is 7.48. The summed E-state index contributed by atoms with van der Waals surface area (Å²) in [6, 6.07) is 14.2. The first-order chi connectivity index (χ1) is 9.65. The molecule has 0 saturated heterocycles. The Balaban J connectivity index is 2.29. The minimum atomic E-state index is 0.260. The van der Waals surface area contributed by atoms with E-state index in [1.807, 2.05) is 24.3 Å². The van der Waals surface area contributed by atoms with Crippen LogP contribution in [0.1, 0.15) is 17.0 Å². The van der Waals surface area contributed by atoms with Gasteiger partial charge in [0.15, 0.2) is 0 Å². The summed E-state index contributed by atoms with van der Waals surface area (Å²) in [6.45, 7) is 0. The standard InChI is InChI=1S/C16H15Br2ClO/c1-20-13-6-7-15(17)11(9-13)8-12(10-19)14-4-2-3-5-16(14)18/h2-7,9,12H,8,10H2,1H3. The summed E-state index contributed by atoms with van der Waals surface area (Å²) >= 11 is 13.4. The van der Waals surface area contributed by atoms with Crippen LogP contribution < -0.4 is 4.74 Å². The van der Waals surface area contributed by atoms with Crippen LogP contribution in [-0.4, -0.2) is 13.0 Å². The van der Waals surface area contributed by atoms with Gasteiger partial charge in [0.1, 0.15) is 5.75 Å². The van der Waals surface area contributed by atoms with Crippen LogP contribution in [0.4, 0.5) is 0 Å². The normalized spacial score (nSPS) is 12.2. The summed E-state index contributed by atoms with van der Waals surface area (Å²) in [5.74, 6) is 1.70. The molecule has 0 N–H and O–H groups in total. The number of hydrogen-bond acceptors (Lipinski definition) is 1. The van der Waals surface area contributed by atoms with Gasteiger partial charge in [0, 0.05) is 20.7 Å². The molecule has 0 amide bonds. The van der Waals surface area contributed by atoms with Crippen molar-refractivity contribution in [3.05, 3.63) is 62.5 Å². The van der Waals surface area contributed by atoms with Crippen molar-refractivity contribution in [2.45, 2.75) is 12.3 Å². The molecule has 106 valence electrons. The fraction of sp³-hybridized carbons (Fsp3) is 0.250.